The van der Waals surface area contributed by atoms with Crippen LogP contribution in [-0.4, -0.2) is 5.91 Å². The zero-order valence-electron chi connectivity index (χ0n) is 12.7. The van der Waals surface area contributed by atoms with Crippen molar-refractivity contribution in [3.63, 3.8) is 0 Å². The first-order valence-electron chi connectivity index (χ1n) is 7.32. The average molecular weight is 342 g/mol. The van der Waals surface area contributed by atoms with Crippen LogP contribution >= 0.6 is 22.9 Å². The highest BCUT2D eigenvalue weighted by molar-refractivity contribution is 7.10. The summed E-state index contributed by atoms with van der Waals surface area (Å²) in [4.78, 5) is 13.7. The number of aryl methyl sites for hydroxylation is 1. The molecule has 2 aromatic carbocycles. The summed E-state index contributed by atoms with van der Waals surface area (Å²) in [6.45, 7) is 2.46. The van der Waals surface area contributed by atoms with Gasteiger partial charge in [-0.15, -0.1) is 11.3 Å². The third kappa shape index (κ3) is 3.46. The summed E-state index contributed by atoms with van der Waals surface area (Å²) < 4.78 is 0. The van der Waals surface area contributed by atoms with Gasteiger partial charge in [0, 0.05) is 27.4 Å². The van der Waals surface area contributed by atoms with E-state index in [9.17, 15) is 4.79 Å². The van der Waals surface area contributed by atoms with Gasteiger partial charge in [0.2, 0.25) is 0 Å². The first-order valence-corrected chi connectivity index (χ1v) is 8.57. The molecule has 0 fully saturated rings. The Balaban J connectivity index is 1.83. The summed E-state index contributed by atoms with van der Waals surface area (Å²) in [5, 5.41) is 5.54. The lowest BCUT2D eigenvalue weighted by atomic mass is 10.0. The minimum absolute atomic E-state index is 0.0758. The average Bonchev–Trinajstić information content (AvgIpc) is 2.96. The van der Waals surface area contributed by atoms with E-state index < -0.39 is 0 Å². The molecule has 0 radical (unpaired) electrons. The minimum Gasteiger partial charge on any atom is -0.348 e. The highest BCUT2D eigenvalue weighted by Gasteiger charge is 2.17. The van der Waals surface area contributed by atoms with Gasteiger partial charge in [-0.2, -0.15) is 0 Å². The van der Waals surface area contributed by atoms with Crippen molar-refractivity contribution in [3.05, 3.63) is 81.0 Å². The molecule has 0 atom stereocenters. The lowest BCUT2D eigenvalue weighted by Gasteiger charge is -2.09. The molecule has 1 heterocycles. The molecule has 2 nitrogen and oxygen atoms in total. The van der Waals surface area contributed by atoms with Crippen LogP contribution in [0, 0.1) is 6.92 Å². The molecule has 4 heteroatoms. The van der Waals surface area contributed by atoms with Crippen LogP contribution in [0.1, 0.15) is 20.8 Å². The van der Waals surface area contributed by atoms with Crippen LogP contribution in [-0.2, 0) is 6.54 Å². The molecule has 3 aromatic rings. The Kier molecular flexibility index (Phi) is 4.79. The Bertz CT molecular complexity index is 826. The van der Waals surface area contributed by atoms with Crippen LogP contribution < -0.4 is 5.32 Å². The standard InChI is InChI=1S/C19H16ClNOS/c1-13-18(14-7-3-2-4-8-14)16(12-23-13)19(22)21-11-15-9-5-6-10-17(15)20/h2-10,12H,11H2,1H3,(H,21,22). The van der Waals surface area contributed by atoms with Gasteiger partial charge < -0.3 is 5.32 Å². The molecule has 1 N–H and O–H groups in total. The van der Waals surface area contributed by atoms with Crippen LogP contribution in [0.25, 0.3) is 11.1 Å². The van der Waals surface area contributed by atoms with Crippen molar-refractivity contribution in [1.82, 2.24) is 5.32 Å². The number of rotatable bonds is 4. The predicted molar refractivity (Wildman–Crippen MR) is 97.1 cm³/mol. The molecule has 0 aliphatic carbocycles. The maximum atomic E-state index is 12.6. The Morgan fingerprint density at radius 3 is 2.52 bits per heavy atom. The fourth-order valence-electron chi connectivity index (χ4n) is 2.50. The Morgan fingerprint density at radius 1 is 1.09 bits per heavy atom. The Morgan fingerprint density at radius 2 is 1.78 bits per heavy atom. The summed E-state index contributed by atoms with van der Waals surface area (Å²) in [7, 11) is 0. The van der Waals surface area contributed by atoms with Crippen LogP contribution in [0.4, 0.5) is 0 Å². The second-order valence-electron chi connectivity index (χ2n) is 5.22. The van der Waals surface area contributed by atoms with E-state index in [-0.39, 0.29) is 5.91 Å². The van der Waals surface area contributed by atoms with Crippen molar-refractivity contribution in [2.45, 2.75) is 13.5 Å². The van der Waals surface area contributed by atoms with E-state index in [2.05, 4.69) is 5.32 Å². The summed E-state index contributed by atoms with van der Waals surface area (Å²) >= 11 is 7.73. The second-order valence-corrected chi connectivity index (χ2v) is 6.71. The molecule has 116 valence electrons. The van der Waals surface area contributed by atoms with E-state index in [1.54, 1.807) is 11.3 Å². The molecule has 0 aliphatic rings. The largest absolute Gasteiger partial charge is 0.348 e. The van der Waals surface area contributed by atoms with E-state index in [0.29, 0.717) is 17.1 Å². The van der Waals surface area contributed by atoms with Crippen LogP contribution in [0.2, 0.25) is 5.02 Å². The van der Waals surface area contributed by atoms with E-state index in [0.717, 1.165) is 21.6 Å². The number of benzene rings is 2. The number of hydrogen-bond acceptors (Lipinski definition) is 2. The number of halogens is 1. The van der Waals surface area contributed by atoms with E-state index in [1.807, 2.05) is 66.9 Å². The zero-order valence-corrected chi connectivity index (χ0v) is 14.2. The fourth-order valence-corrected chi connectivity index (χ4v) is 3.57. The van der Waals surface area contributed by atoms with E-state index in [1.165, 1.54) is 0 Å². The van der Waals surface area contributed by atoms with Crippen LogP contribution in [0.15, 0.2) is 60.0 Å². The third-order valence-corrected chi connectivity index (χ3v) is 4.96. The molecular weight excluding hydrogens is 326 g/mol. The van der Waals surface area contributed by atoms with Crippen molar-refractivity contribution in [3.8, 4) is 11.1 Å². The van der Waals surface area contributed by atoms with Crippen molar-refractivity contribution < 1.29 is 4.79 Å². The molecule has 0 saturated carbocycles. The summed E-state index contributed by atoms with van der Waals surface area (Å²) in [6.07, 6.45) is 0. The lowest BCUT2D eigenvalue weighted by molar-refractivity contribution is 0.0952. The van der Waals surface area contributed by atoms with E-state index >= 15 is 0 Å². The number of amides is 1. The monoisotopic (exact) mass is 341 g/mol. The maximum absolute atomic E-state index is 12.6. The van der Waals surface area contributed by atoms with Crippen molar-refractivity contribution in [2.75, 3.05) is 0 Å². The molecule has 0 bridgehead atoms. The summed E-state index contributed by atoms with van der Waals surface area (Å²) in [5.74, 6) is -0.0758. The third-order valence-electron chi connectivity index (χ3n) is 3.68. The molecule has 23 heavy (non-hydrogen) atoms. The quantitative estimate of drug-likeness (QED) is 0.684. The highest BCUT2D eigenvalue weighted by atomic mass is 35.5. The van der Waals surface area contributed by atoms with Gasteiger partial charge in [0.15, 0.2) is 0 Å². The van der Waals surface area contributed by atoms with Gasteiger partial charge in [-0.05, 0) is 24.1 Å². The van der Waals surface area contributed by atoms with Gasteiger partial charge >= 0.3 is 0 Å². The maximum Gasteiger partial charge on any atom is 0.253 e. The Hall–Kier alpha value is -2.10. The van der Waals surface area contributed by atoms with E-state index in [4.69, 9.17) is 11.6 Å². The molecule has 1 amide bonds. The second kappa shape index (κ2) is 6.99. The number of hydrogen-bond donors (Lipinski definition) is 1. The summed E-state index contributed by atoms with van der Waals surface area (Å²) in [5.41, 5.74) is 3.70. The van der Waals surface area contributed by atoms with Gasteiger partial charge in [0.1, 0.15) is 0 Å². The minimum atomic E-state index is -0.0758. The van der Waals surface area contributed by atoms with Crippen molar-refractivity contribution in [2.24, 2.45) is 0 Å². The number of carbonyl (C=O) groups is 1. The molecule has 0 saturated heterocycles. The number of carbonyl (C=O) groups excluding carboxylic acids is 1. The van der Waals surface area contributed by atoms with Gasteiger partial charge in [-0.3, -0.25) is 4.79 Å². The fraction of sp³-hybridized carbons (Fsp3) is 0.105. The topological polar surface area (TPSA) is 29.1 Å². The van der Waals surface area contributed by atoms with Gasteiger partial charge in [-0.1, -0.05) is 60.1 Å². The molecule has 0 spiro atoms. The van der Waals surface area contributed by atoms with Gasteiger partial charge in [-0.25, -0.2) is 0 Å². The predicted octanol–water partition coefficient (Wildman–Crippen LogP) is 5.31. The molecule has 0 aliphatic heterocycles. The smallest absolute Gasteiger partial charge is 0.253 e. The Labute approximate surface area is 144 Å². The molecule has 1 aromatic heterocycles. The SMILES string of the molecule is Cc1scc(C(=O)NCc2ccccc2Cl)c1-c1ccccc1. The van der Waals surface area contributed by atoms with Crippen molar-refractivity contribution in [1.29, 1.82) is 0 Å². The first kappa shape index (κ1) is 15.8. The first-order chi connectivity index (χ1) is 11.2. The zero-order chi connectivity index (χ0) is 16.2. The van der Waals surface area contributed by atoms with Gasteiger partial charge in [0.25, 0.3) is 5.91 Å². The van der Waals surface area contributed by atoms with Crippen molar-refractivity contribution >= 4 is 28.8 Å². The number of thiophene rings is 1. The van der Waals surface area contributed by atoms with Crippen LogP contribution in [0.3, 0.4) is 0 Å². The summed E-state index contributed by atoms with van der Waals surface area (Å²) in [6, 6.07) is 17.5. The van der Waals surface area contributed by atoms with Gasteiger partial charge in [0.05, 0.1) is 5.56 Å². The van der Waals surface area contributed by atoms with Crippen LogP contribution in [0.5, 0.6) is 0 Å². The highest BCUT2D eigenvalue weighted by Crippen LogP contribution is 2.32. The normalized spacial score (nSPS) is 10.5. The molecule has 0 unspecified atom stereocenters. The lowest BCUT2D eigenvalue weighted by Crippen LogP contribution is -2.23. The molecular formula is C19H16ClNOS. The molecule has 3 rings (SSSR count). The number of nitrogens with one attached hydrogen (secondary N) is 1.